The molecule has 0 fully saturated rings. The lowest BCUT2D eigenvalue weighted by molar-refractivity contribution is 0.0671. The first-order valence-electron chi connectivity index (χ1n) is 9.14. The van der Waals surface area contributed by atoms with Crippen LogP contribution in [-0.2, 0) is 25.9 Å². The Morgan fingerprint density at radius 3 is 2.75 bits per heavy atom. The smallest absolute Gasteiger partial charge is 0.356 e. The van der Waals surface area contributed by atoms with Gasteiger partial charge in [-0.05, 0) is 18.4 Å². The SMILES string of the molecule is O=C(O)c1nn(CCCc2ccccc2)c2c1CN(C(=O)c1ncn[nH]1)CC2. The number of hydrogen-bond donors (Lipinski definition) is 2. The number of benzene rings is 1. The Kier molecular flexibility index (Phi) is 4.88. The van der Waals surface area contributed by atoms with Crippen LogP contribution in [0.1, 0.15) is 44.3 Å². The largest absolute Gasteiger partial charge is 0.476 e. The molecule has 2 N–H and O–H groups in total. The third-order valence-corrected chi connectivity index (χ3v) is 4.92. The first-order chi connectivity index (χ1) is 13.6. The predicted molar refractivity (Wildman–Crippen MR) is 98.8 cm³/mol. The molecule has 0 spiro atoms. The van der Waals surface area contributed by atoms with Gasteiger partial charge in [-0.2, -0.15) is 10.2 Å². The zero-order chi connectivity index (χ0) is 19.5. The number of hydrogen-bond acceptors (Lipinski definition) is 5. The third kappa shape index (κ3) is 3.51. The molecule has 0 atom stereocenters. The summed E-state index contributed by atoms with van der Waals surface area (Å²) >= 11 is 0. The number of aromatic amines is 1. The van der Waals surface area contributed by atoms with Gasteiger partial charge in [-0.3, -0.25) is 14.6 Å². The number of carbonyl (C=O) groups is 2. The van der Waals surface area contributed by atoms with Gasteiger partial charge >= 0.3 is 5.97 Å². The van der Waals surface area contributed by atoms with Gasteiger partial charge in [0.25, 0.3) is 5.91 Å². The van der Waals surface area contributed by atoms with Crippen molar-refractivity contribution in [3.8, 4) is 0 Å². The Labute approximate surface area is 161 Å². The molecule has 0 saturated carbocycles. The maximum atomic E-state index is 12.5. The van der Waals surface area contributed by atoms with Crippen LogP contribution in [0.5, 0.6) is 0 Å². The van der Waals surface area contributed by atoms with Gasteiger partial charge in [0.15, 0.2) is 5.69 Å². The van der Waals surface area contributed by atoms with E-state index in [1.54, 1.807) is 9.58 Å². The lowest BCUT2D eigenvalue weighted by atomic mass is 10.0. The molecular weight excluding hydrogens is 360 g/mol. The number of nitrogens with one attached hydrogen (secondary N) is 1. The second-order valence-corrected chi connectivity index (χ2v) is 6.70. The molecule has 1 aliphatic heterocycles. The van der Waals surface area contributed by atoms with Crippen molar-refractivity contribution >= 4 is 11.9 Å². The minimum absolute atomic E-state index is 0.0183. The van der Waals surface area contributed by atoms with Gasteiger partial charge < -0.3 is 10.0 Å². The lowest BCUT2D eigenvalue weighted by Crippen LogP contribution is -2.37. The molecule has 1 aliphatic rings. The topological polar surface area (TPSA) is 117 Å². The van der Waals surface area contributed by atoms with Crippen LogP contribution in [0.4, 0.5) is 0 Å². The summed E-state index contributed by atoms with van der Waals surface area (Å²) in [5.74, 6) is -1.22. The number of amides is 1. The van der Waals surface area contributed by atoms with Gasteiger partial charge in [0.05, 0.1) is 6.54 Å². The van der Waals surface area contributed by atoms with Gasteiger partial charge in [0, 0.05) is 30.8 Å². The standard InChI is InChI=1S/C19H20N6O3/c26-18(17-20-12-21-22-17)24-10-8-15-14(11-24)16(19(27)28)23-25(15)9-4-7-13-5-2-1-3-6-13/h1-3,5-6,12H,4,7-11H2,(H,27,28)(H,20,21,22). The van der Waals surface area contributed by atoms with Crippen molar-refractivity contribution < 1.29 is 14.7 Å². The summed E-state index contributed by atoms with van der Waals surface area (Å²) in [6, 6.07) is 10.2. The number of aromatic nitrogens is 5. The Morgan fingerprint density at radius 1 is 1.21 bits per heavy atom. The van der Waals surface area contributed by atoms with Gasteiger partial charge in [-0.25, -0.2) is 9.78 Å². The fourth-order valence-electron chi connectivity index (χ4n) is 3.56. The number of H-pyrrole nitrogens is 1. The van der Waals surface area contributed by atoms with E-state index in [-0.39, 0.29) is 24.0 Å². The van der Waals surface area contributed by atoms with Gasteiger partial charge in [-0.15, -0.1) is 0 Å². The predicted octanol–water partition coefficient (Wildman–Crippen LogP) is 1.53. The number of carbonyl (C=O) groups excluding carboxylic acids is 1. The molecule has 9 nitrogen and oxygen atoms in total. The van der Waals surface area contributed by atoms with Crippen molar-refractivity contribution in [1.82, 2.24) is 29.9 Å². The van der Waals surface area contributed by atoms with Crippen molar-refractivity contribution in [3.05, 3.63) is 65.0 Å². The maximum absolute atomic E-state index is 12.5. The van der Waals surface area contributed by atoms with Gasteiger partial charge in [-0.1, -0.05) is 30.3 Å². The van der Waals surface area contributed by atoms with E-state index < -0.39 is 5.97 Å². The molecule has 9 heteroatoms. The summed E-state index contributed by atoms with van der Waals surface area (Å²) in [5, 5.41) is 20.1. The van der Waals surface area contributed by atoms with E-state index >= 15 is 0 Å². The highest BCUT2D eigenvalue weighted by atomic mass is 16.4. The van der Waals surface area contributed by atoms with Gasteiger partial charge in [0.2, 0.25) is 5.82 Å². The van der Waals surface area contributed by atoms with E-state index in [0.717, 1.165) is 18.5 Å². The van der Waals surface area contributed by atoms with Crippen molar-refractivity contribution in [1.29, 1.82) is 0 Å². The summed E-state index contributed by atoms with van der Waals surface area (Å²) in [4.78, 5) is 29.6. The van der Waals surface area contributed by atoms with E-state index in [0.29, 0.717) is 25.1 Å². The van der Waals surface area contributed by atoms with Crippen LogP contribution >= 0.6 is 0 Å². The molecule has 1 aromatic carbocycles. The Bertz CT molecular complexity index is 981. The zero-order valence-corrected chi connectivity index (χ0v) is 15.2. The van der Waals surface area contributed by atoms with Crippen LogP contribution < -0.4 is 0 Å². The summed E-state index contributed by atoms with van der Waals surface area (Å²) < 4.78 is 1.79. The number of fused-ring (bicyclic) bond motifs is 1. The molecular formula is C19H20N6O3. The van der Waals surface area contributed by atoms with Crippen LogP contribution in [0, 0.1) is 0 Å². The summed E-state index contributed by atoms with van der Waals surface area (Å²) in [5.41, 5.74) is 2.76. The van der Waals surface area contributed by atoms with Crippen LogP contribution in [0.15, 0.2) is 36.7 Å². The van der Waals surface area contributed by atoms with E-state index in [9.17, 15) is 14.7 Å². The van der Waals surface area contributed by atoms with E-state index in [1.165, 1.54) is 11.9 Å². The van der Waals surface area contributed by atoms with Crippen molar-refractivity contribution in [2.24, 2.45) is 0 Å². The molecule has 144 valence electrons. The van der Waals surface area contributed by atoms with Gasteiger partial charge in [0.1, 0.15) is 6.33 Å². The molecule has 0 aliphatic carbocycles. The minimum atomic E-state index is -1.08. The molecule has 3 aromatic rings. The fourth-order valence-corrected chi connectivity index (χ4v) is 3.56. The van der Waals surface area contributed by atoms with E-state index in [1.807, 2.05) is 18.2 Å². The summed E-state index contributed by atoms with van der Waals surface area (Å²) in [7, 11) is 0. The molecule has 0 saturated heterocycles. The third-order valence-electron chi connectivity index (χ3n) is 4.92. The molecule has 0 radical (unpaired) electrons. The first kappa shape index (κ1) is 17.9. The molecule has 3 heterocycles. The van der Waals surface area contributed by atoms with Crippen molar-refractivity contribution in [2.45, 2.75) is 32.4 Å². The summed E-state index contributed by atoms with van der Waals surface area (Å²) in [6.07, 6.45) is 3.59. The molecule has 4 rings (SSSR count). The normalized spacial score (nSPS) is 13.4. The highest BCUT2D eigenvalue weighted by Crippen LogP contribution is 2.24. The average Bonchev–Trinajstić information content (AvgIpc) is 3.36. The number of nitrogens with zero attached hydrogens (tertiary/aromatic N) is 5. The first-order valence-corrected chi connectivity index (χ1v) is 9.14. The average molecular weight is 380 g/mol. The molecule has 2 aromatic heterocycles. The maximum Gasteiger partial charge on any atom is 0.356 e. The quantitative estimate of drug-likeness (QED) is 0.670. The Morgan fingerprint density at radius 2 is 2.04 bits per heavy atom. The van der Waals surface area contributed by atoms with Crippen LogP contribution in [0.25, 0.3) is 0 Å². The van der Waals surface area contributed by atoms with E-state index in [2.05, 4.69) is 32.4 Å². The highest BCUT2D eigenvalue weighted by Gasteiger charge is 2.31. The fraction of sp³-hybridized carbons (Fsp3) is 0.316. The number of carboxylic acid groups (broad SMARTS) is 1. The Hall–Kier alpha value is -3.49. The molecule has 28 heavy (non-hydrogen) atoms. The second-order valence-electron chi connectivity index (χ2n) is 6.70. The molecule has 1 amide bonds. The molecule has 0 bridgehead atoms. The van der Waals surface area contributed by atoms with Crippen LogP contribution in [0.3, 0.4) is 0 Å². The van der Waals surface area contributed by atoms with E-state index in [4.69, 9.17) is 0 Å². The van der Waals surface area contributed by atoms with Crippen molar-refractivity contribution in [2.75, 3.05) is 6.54 Å². The number of aromatic carboxylic acids is 1. The van der Waals surface area contributed by atoms with Crippen LogP contribution in [0.2, 0.25) is 0 Å². The zero-order valence-electron chi connectivity index (χ0n) is 15.2. The monoisotopic (exact) mass is 380 g/mol. The number of carboxylic acids is 1. The Balaban J connectivity index is 1.51. The molecule has 0 unspecified atom stereocenters. The summed E-state index contributed by atoms with van der Waals surface area (Å²) in [6.45, 7) is 1.33. The minimum Gasteiger partial charge on any atom is -0.476 e. The number of rotatable bonds is 6. The highest BCUT2D eigenvalue weighted by molar-refractivity contribution is 5.91. The number of aryl methyl sites for hydroxylation is 2. The second kappa shape index (κ2) is 7.63. The van der Waals surface area contributed by atoms with Crippen LogP contribution in [-0.4, -0.2) is 53.4 Å². The van der Waals surface area contributed by atoms with Crippen molar-refractivity contribution in [3.63, 3.8) is 0 Å². The lowest BCUT2D eigenvalue weighted by Gasteiger charge is -2.26.